The Balaban J connectivity index is 1.39. The van der Waals surface area contributed by atoms with E-state index in [0.29, 0.717) is 34.5 Å². The van der Waals surface area contributed by atoms with Crippen LogP contribution in [-0.4, -0.2) is 24.8 Å². The van der Waals surface area contributed by atoms with Crippen LogP contribution in [0.15, 0.2) is 48.5 Å². The number of anilines is 2. The van der Waals surface area contributed by atoms with Crippen LogP contribution in [0.2, 0.25) is 0 Å². The third kappa shape index (κ3) is 2.82. The molecule has 4 atom stereocenters. The molecule has 1 saturated heterocycles. The molecule has 2 saturated carbocycles. The van der Waals surface area contributed by atoms with Gasteiger partial charge >= 0.3 is 0 Å². The van der Waals surface area contributed by atoms with Gasteiger partial charge in [-0.25, -0.2) is 0 Å². The fraction of sp³-hybridized carbons (Fsp3) is 0.348. The molecule has 3 aliphatic rings. The van der Waals surface area contributed by atoms with Gasteiger partial charge in [0.2, 0.25) is 11.8 Å². The van der Waals surface area contributed by atoms with E-state index < -0.39 is 0 Å². The van der Waals surface area contributed by atoms with Crippen LogP contribution >= 0.6 is 0 Å². The quantitative estimate of drug-likeness (QED) is 0.811. The van der Waals surface area contributed by atoms with E-state index in [-0.39, 0.29) is 29.6 Å². The van der Waals surface area contributed by atoms with Crippen molar-refractivity contribution in [3.63, 3.8) is 0 Å². The Hall–Kier alpha value is -3.15. The highest BCUT2D eigenvalue weighted by atomic mass is 16.5. The summed E-state index contributed by atoms with van der Waals surface area (Å²) in [4.78, 5) is 40.1. The molecular formula is C23H22N2O4. The van der Waals surface area contributed by atoms with Gasteiger partial charge in [0, 0.05) is 17.3 Å². The molecule has 0 aromatic heterocycles. The first-order valence-corrected chi connectivity index (χ1v) is 10.00. The number of amides is 3. The first-order valence-electron chi connectivity index (χ1n) is 10.00. The van der Waals surface area contributed by atoms with Crippen molar-refractivity contribution >= 4 is 29.1 Å². The predicted octanol–water partition coefficient (Wildman–Crippen LogP) is 3.48. The molecule has 2 aromatic rings. The van der Waals surface area contributed by atoms with E-state index in [0.717, 1.165) is 19.3 Å². The van der Waals surface area contributed by atoms with E-state index in [1.165, 1.54) is 4.90 Å². The molecule has 3 amide bonds. The summed E-state index contributed by atoms with van der Waals surface area (Å²) in [6.07, 6.45) is 3.09. The number of hydrogen-bond acceptors (Lipinski definition) is 4. The molecule has 2 bridgehead atoms. The van der Waals surface area contributed by atoms with E-state index in [1.807, 2.05) is 0 Å². The van der Waals surface area contributed by atoms with Crippen molar-refractivity contribution in [2.75, 3.05) is 17.3 Å². The molecule has 29 heavy (non-hydrogen) atoms. The Morgan fingerprint density at radius 3 is 2.38 bits per heavy atom. The van der Waals surface area contributed by atoms with Gasteiger partial charge < -0.3 is 10.1 Å². The average Bonchev–Trinajstić information content (AvgIpc) is 3.42. The Labute approximate surface area is 168 Å². The summed E-state index contributed by atoms with van der Waals surface area (Å²) >= 11 is 0. The number of nitrogens with zero attached hydrogens (tertiary/aromatic N) is 1. The number of nitrogens with one attached hydrogen (secondary N) is 1. The number of carbonyl (C=O) groups excluding carboxylic acids is 3. The van der Waals surface area contributed by atoms with Crippen LogP contribution in [0.25, 0.3) is 0 Å². The number of benzene rings is 2. The first kappa shape index (κ1) is 17.9. The number of fused-ring (bicyclic) bond motifs is 5. The molecule has 5 rings (SSSR count). The number of imide groups is 1. The number of carbonyl (C=O) groups is 3. The maximum atomic E-state index is 13.0. The molecule has 1 heterocycles. The lowest BCUT2D eigenvalue weighted by Crippen LogP contribution is -2.33. The summed E-state index contributed by atoms with van der Waals surface area (Å²) in [7, 11) is 1.57. The highest BCUT2D eigenvalue weighted by Gasteiger charge is 2.61. The molecule has 2 aromatic carbocycles. The van der Waals surface area contributed by atoms with Crippen LogP contribution in [-0.2, 0) is 9.59 Å². The molecular weight excluding hydrogens is 368 g/mol. The minimum Gasteiger partial charge on any atom is -0.497 e. The van der Waals surface area contributed by atoms with Gasteiger partial charge in [0.25, 0.3) is 5.91 Å². The van der Waals surface area contributed by atoms with Crippen LogP contribution in [0.4, 0.5) is 11.4 Å². The second kappa shape index (κ2) is 6.72. The van der Waals surface area contributed by atoms with Crippen molar-refractivity contribution in [1.29, 1.82) is 0 Å². The van der Waals surface area contributed by atoms with Crippen molar-refractivity contribution in [2.24, 2.45) is 23.7 Å². The smallest absolute Gasteiger partial charge is 0.255 e. The van der Waals surface area contributed by atoms with E-state index in [2.05, 4.69) is 5.32 Å². The number of rotatable bonds is 4. The summed E-state index contributed by atoms with van der Waals surface area (Å²) in [6, 6.07) is 13.8. The van der Waals surface area contributed by atoms with Gasteiger partial charge in [0.05, 0.1) is 24.6 Å². The summed E-state index contributed by atoms with van der Waals surface area (Å²) < 4.78 is 5.18. The number of methoxy groups -OCH3 is 1. The molecule has 3 fully saturated rings. The van der Waals surface area contributed by atoms with Crippen LogP contribution in [0.3, 0.4) is 0 Å². The van der Waals surface area contributed by atoms with Gasteiger partial charge in [0.15, 0.2) is 0 Å². The lowest BCUT2D eigenvalue weighted by Gasteiger charge is -2.19. The fourth-order valence-corrected chi connectivity index (χ4v) is 5.35. The third-order valence-corrected chi connectivity index (χ3v) is 6.62. The molecule has 148 valence electrons. The molecule has 1 N–H and O–H groups in total. The second-order valence-corrected chi connectivity index (χ2v) is 8.13. The zero-order valence-corrected chi connectivity index (χ0v) is 16.1. The molecule has 1 aliphatic heterocycles. The van der Waals surface area contributed by atoms with Crippen molar-refractivity contribution < 1.29 is 19.1 Å². The maximum Gasteiger partial charge on any atom is 0.255 e. The molecule has 2 aliphatic carbocycles. The van der Waals surface area contributed by atoms with E-state index in [4.69, 9.17) is 4.74 Å². The largest absolute Gasteiger partial charge is 0.497 e. The second-order valence-electron chi connectivity index (χ2n) is 8.13. The minimum absolute atomic E-state index is 0.0995. The van der Waals surface area contributed by atoms with Crippen molar-refractivity contribution in [1.82, 2.24) is 0 Å². The van der Waals surface area contributed by atoms with Crippen LogP contribution < -0.4 is 15.0 Å². The molecule has 6 nitrogen and oxygen atoms in total. The van der Waals surface area contributed by atoms with E-state index in [9.17, 15) is 14.4 Å². The SMILES string of the molecule is COc1cccc(NC(=O)c2cccc(N3C(=O)[C@H]4[C@H]5CC[C@@H](C5)[C@@H]4C3=O)c2)c1. The zero-order chi connectivity index (χ0) is 20.1. The molecule has 0 spiro atoms. The summed E-state index contributed by atoms with van der Waals surface area (Å²) in [5, 5.41) is 2.83. The zero-order valence-electron chi connectivity index (χ0n) is 16.1. The van der Waals surface area contributed by atoms with Crippen LogP contribution in [0.5, 0.6) is 5.75 Å². The van der Waals surface area contributed by atoms with Crippen LogP contribution in [0, 0.1) is 23.7 Å². The Bertz CT molecular complexity index is 989. The molecule has 0 radical (unpaired) electrons. The molecule has 6 heteroatoms. The summed E-state index contributed by atoms with van der Waals surface area (Å²) in [6.45, 7) is 0. The van der Waals surface area contributed by atoms with E-state index >= 15 is 0 Å². The number of hydrogen-bond donors (Lipinski definition) is 1. The first-order chi connectivity index (χ1) is 14.1. The van der Waals surface area contributed by atoms with Crippen LogP contribution in [0.1, 0.15) is 29.6 Å². The normalized spacial score (nSPS) is 27.3. The van der Waals surface area contributed by atoms with E-state index in [1.54, 1.807) is 55.6 Å². The maximum absolute atomic E-state index is 13.0. The predicted molar refractivity (Wildman–Crippen MR) is 108 cm³/mol. The van der Waals surface area contributed by atoms with Gasteiger partial charge in [0.1, 0.15) is 5.75 Å². The van der Waals surface area contributed by atoms with Crippen molar-refractivity contribution in [3.05, 3.63) is 54.1 Å². The lowest BCUT2D eigenvalue weighted by molar-refractivity contribution is -0.123. The molecule has 0 unspecified atom stereocenters. The topological polar surface area (TPSA) is 75.7 Å². The monoisotopic (exact) mass is 390 g/mol. The third-order valence-electron chi connectivity index (χ3n) is 6.62. The average molecular weight is 390 g/mol. The minimum atomic E-state index is -0.306. The van der Waals surface area contributed by atoms with Gasteiger partial charge in [-0.1, -0.05) is 12.1 Å². The van der Waals surface area contributed by atoms with Gasteiger partial charge in [-0.15, -0.1) is 0 Å². The van der Waals surface area contributed by atoms with Crippen molar-refractivity contribution in [2.45, 2.75) is 19.3 Å². The standard InChI is InChI=1S/C23H22N2O4/c1-29-18-7-3-5-16(12-18)24-21(26)15-4-2-6-17(11-15)25-22(27)19-13-8-9-14(10-13)20(19)23(25)28/h2-7,11-14,19-20H,8-10H2,1H3,(H,24,26)/t13-,14-,19-,20-/m0/s1. The van der Waals surface area contributed by atoms with Crippen molar-refractivity contribution in [3.8, 4) is 5.75 Å². The highest BCUT2D eigenvalue weighted by Crippen LogP contribution is 2.56. The summed E-state index contributed by atoms with van der Waals surface area (Å²) in [5.41, 5.74) is 1.48. The Morgan fingerprint density at radius 2 is 1.69 bits per heavy atom. The highest BCUT2D eigenvalue weighted by molar-refractivity contribution is 6.23. The van der Waals surface area contributed by atoms with Gasteiger partial charge in [-0.3, -0.25) is 19.3 Å². The Kier molecular flexibility index (Phi) is 4.15. The number of ether oxygens (including phenoxy) is 1. The van der Waals surface area contributed by atoms with Gasteiger partial charge in [-0.2, -0.15) is 0 Å². The van der Waals surface area contributed by atoms with Gasteiger partial charge in [-0.05, 0) is 61.4 Å². The lowest BCUT2D eigenvalue weighted by atomic mass is 9.81. The fourth-order valence-electron chi connectivity index (χ4n) is 5.35. The summed E-state index contributed by atoms with van der Waals surface area (Å²) in [5.74, 6) is 0.476. The Morgan fingerprint density at radius 1 is 1.00 bits per heavy atom.